The summed E-state index contributed by atoms with van der Waals surface area (Å²) in [6.07, 6.45) is 6.56. The Morgan fingerprint density at radius 3 is 2.42 bits per heavy atom. The zero-order valence-electron chi connectivity index (χ0n) is 22.9. The number of halogens is 1. The topological polar surface area (TPSA) is 95.5 Å². The number of hydrogen-bond acceptors (Lipinski definition) is 6. The van der Waals surface area contributed by atoms with Gasteiger partial charge in [-0.2, -0.15) is 5.26 Å². The van der Waals surface area contributed by atoms with E-state index in [0.29, 0.717) is 34.1 Å². The van der Waals surface area contributed by atoms with E-state index in [-0.39, 0.29) is 23.6 Å². The Hall–Kier alpha value is -3.02. The van der Waals surface area contributed by atoms with Crippen molar-refractivity contribution >= 4 is 29.0 Å². The first kappa shape index (κ1) is 28.0. The van der Waals surface area contributed by atoms with Gasteiger partial charge >= 0.3 is 0 Å². The summed E-state index contributed by atoms with van der Waals surface area (Å²) in [5, 5.41) is 12.8. The van der Waals surface area contributed by atoms with Gasteiger partial charge in [0.15, 0.2) is 5.43 Å². The van der Waals surface area contributed by atoms with Gasteiger partial charge in [-0.3, -0.25) is 9.59 Å². The number of hydrogen-bond donors (Lipinski definition) is 2. The Labute approximate surface area is 230 Å². The van der Waals surface area contributed by atoms with Gasteiger partial charge in [0.05, 0.1) is 12.1 Å². The zero-order chi connectivity index (χ0) is 27.4. The molecular weight excluding hydrogens is 500 g/mol. The third-order valence-corrected chi connectivity index (χ3v) is 8.38. The minimum atomic E-state index is -0.269. The summed E-state index contributed by atoms with van der Waals surface area (Å²) in [5.41, 5.74) is 2.83. The molecular formula is C29H39ClN6O2. The van der Waals surface area contributed by atoms with E-state index in [1.165, 1.54) is 6.07 Å². The maximum absolute atomic E-state index is 13.4. The highest BCUT2D eigenvalue weighted by Crippen LogP contribution is 2.34. The standard InChI is InChI=1S/C29H39ClN6O2/c1-5-36(23-10-8-22(9-11-23)34(3)4)26-15-20(30)14-24(19(26)2)29(38)32-18-25-27(37)16-21(17-31)33-28(25)35-12-6-7-13-35/h14-16,22-23H,5-13,18H2,1-4H3,(H,32,38)(H,33,37). The Balaban J connectivity index is 1.56. The highest BCUT2D eigenvalue weighted by Gasteiger charge is 2.28. The second-order valence-corrected chi connectivity index (χ2v) is 11.1. The molecule has 2 heterocycles. The molecule has 8 nitrogen and oxygen atoms in total. The minimum absolute atomic E-state index is 0.0685. The molecule has 2 aliphatic rings. The van der Waals surface area contributed by atoms with Crippen LogP contribution in [0.5, 0.6) is 0 Å². The molecule has 1 aromatic heterocycles. The van der Waals surface area contributed by atoms with E-state index in [1.807, 2.05) is 19.1 Å². The molecule has 9 heteroatoms. The molecule has 0 radical (unpaired) electrons. The summed E-state index contributed by atoms with van der Waals surface area (Å²) in [6.45, 7) is 6.64. The van der Waals surface area contributed by atoms with Gasteiger partial charge in [-0.25, -0.2) is 0 Å². The maximum Gasteiger partial charge on any atom is 0.251 e. The summed E-state index contributed by atoms with van der Waals surface area (Å²) >= 11 is 6.55. The number of carbonyl (C=O) groups excluding carboxylic acids is 1. The quantitative estimate of drug-likeness (QED) is 0.516. The molecule has 1 aliphatic carbocycles. The first-order chi connectivity index (χ1) is 18.2. The Morgan fingerprint density at radius 2 is 1.82 bits per heavy atom. The number of H-pyrrole nitrogens is 1. The van der Waals surface area contributed by atoms with Crippen LogP contribution in [0.4, 0.5) is 11.5 Å². The molecule has 0 bridgehead atoms. The summed E-state index contributed by atoms with van der Waals surface area (Å²) in [4.78, 5) is 36.2. The first-order valence-corrected chi connectivity index (χ1v) is 14.0. The fourth-order valence-corrected chi connectivity index (χ4v) is 6.20. The summed E-state index contributed by atoms with van der Waals surface area (Å²) < 4.78 is 0. The van der Waals surface area contributed by atoms with Crippen LogP contribution in [0, 0.1) is 18.3 Å². The third-order valence-electron chi connectivity index (χ3n) is 8.16. The lowest BCUT2D eigenvalue weighted by atomic mass is 9.89. The number of aromatic nitrogens is 1. The van der Waals surface area contributed by atoms with Crippen LogP contribution in [0.25, 0.3) is 0 Å². The molecule has 0 atom stereocenters. The van der Waals surface area contributed by atoms with Crippen LogP contribution < -0.4 is 20.5 Å². The highest BCUT2D eigenvalue weighted by atomic mass is 35.5. The van der Waals surface area contributed by atoms with Crippen LogP contribution in [0.15, 0.2) is 23.0 Å². The fraction of sp³-hybridized carbons (Fsp3) is 0.552. The SMILES string of the molecule is CCN(c1cc(Cl)cc(C(=O)NCc2c(N3CCCC3)[nH]c(C#N)cc2=O)c1C)C1CCC(N(C)C)CC1. The molecule has 2 aromatic rings. The lowest BCUT2D eigenvalue weighted by molar-refractivity contribution is 0.0950. The lowest BCUT2D eigenvalue weighted by Gasteiger charge is -2.40. The van der Waals surface area contributed by atoms with E-state index in [4.69, 9.17) is 11.6 Å². The van der Waals surface area contributed by atoms with Crippen molar-refractivity contribution in [2.75, 3.05) is 43.5 Å². The van der Waals surface area contributed by atoms with Crippen LogP contribution in [-0.4, -0.2) is 61.6 Å². The van der Waals surface area contributed by atoms with Crippen LogP contribution in [0.2, 0.25) is 5.02 Å². The maximum atomic E-state index is 13.4. The van der Waals surface area contributed by atoms with E-state index in [2.05, 4.69) is 46.0 Å². The van der Waals surface area contributed by atoms with Gasteiger partial charge in [-0.1, -0.05) is 11.6 Å². The molecule has 1 aliphatic heterocycles. The van der Waals surface area contributed by atoms with Crippen molar-refractivity contribution in [1.82, 2.24) is 15.2 Å². The number of nitriles is 1. The molecule has 1 saturated heterocycles. The molecule has 1 amide bonds. The van der Waals surface area contributed by atoms with Crippen molar-refractivity contribution in [1.29, 1.82) is 5.26 Å². The average molecular weight is 539 g/mol. The number of nitrogens with zero attached hydrogens (tertiary/aromatic N) is 4. The van der Waals surface area contributed by atoms with Crippen molar-refractivity contribution < 1.29 is 4.79 Å². The Kier molecular flexibility index (Phi) is 9.01. The van der Waals surface area contributed by atoms with Crippen molar-refractivity contribution in [3.63, 3.8) is 0 Å². The summed E-state index contributed by atoms with van der Waals surface area (Å²) in [5.74, 6) is 0.357. The number of aromatic amines is 1. The molecule has 2 N–H and O–H groups in total. The van der Waals surface area contributed by atoms with Crippen LogP contribution in [-0.2, 0) is 6.54 Å². The fourth-order valence-electron chi connectivity index (χ4n) is 5.99. The van der Waals surface area contributed by atoms with E-state index in [0.717, 1.165) is 69.4 Å². The molecule has 1 saturated carbocycles. The molecule has 4 rings (SSSR count). The molecule has 0 unspecified atom stereocenters. The summed E-state index contributed by atoms with van der Waals surface area (Å²) in [7, 11) is 4.29. The molecule has 0 spiro atoms. The van der Waals surface area contributed by atoms with Gasteiger partial charge in [-0.15, -0.1) is 0 Å². The average Bonchev–Trinajstić information content (AvgIpc) is 3.44. The minimum Gasteiger partial charge on any atom is -0.369 e. The Morgan fingerprint density at radius 1 is 1.16 bits per heavy atom. The number of amides is 1. The molecule has 1 aromatic carbocycles. The van der Waals surface area contributed by atoms with Crippen LogP contribution in [0.1, 0.15) is 72.6 Å². The number of pyridine rings is 1. The first-order valence-electron chi connectivity index (χ1n) is 13.7. The number of anilines is 2. The van der Waals surface area contributed by atoms with Gasteiger partial charge in [-0.05, 0) is 84.2 Å². The highest BCUT2D eigenvalue weighted by molar-refractivity contribution is 6.31. The largest absolute Gasteiger partial charge is 0.369 e. The molecule has 204 valence electrons. The van der Waals surface area contributed by atoms with Crippen molar-refractivity contribution in [2.45, 2.75) is 71.0 Å². The van der Waals surface area contributed by atoms with E-state index >= 15 is 0 Å². The lowest BCUT2D eigenvalue weighted by Crippen LogP contribution is -2.42. The number of rotatable bonds is 8. The summed E-state index contributed by atoms with van der Waals surface area (Å²) in [6, 6.07) is 8.02. The normalized spacial score (nSPS) is 19.4. The van der Waals surface area contributed by atoms with Crippen LogP contribution >= 0.6 is 11.6 Å². The van der Waals surface area contributed by atoms with Crippen molar-refractivity contribution in [2.24, 2.45) is 0 Å². The number of benzene rings is 1. The number of nitrogens with one attached hydrogen (secondary N) is 2. The predicted octanol–water partition coefficient (Wildman–Crippen LogP) is 4.44. The van der Waals surface area contributed by atoms with Crippen molar-refractivity contribution in [3.8, 4) is 6.07 Å². The number of carbonyl (C=O) groups is 1. The second kappa shape index (κ2) is 12.2. The Bertz CT molecular complexity index is 1250. The molecule has 2 fully saturated rings. The van der Waals surface area contributed by atoms with Gasteiger partial charge < -0.3 is 25.0 Å². The van der Waals surface area contributed by atoms with Crippen molar-refractivity contribution in [3.05, 3.63) is 55.8 Å². The smallest absolute Gasteiger partial charge is 0.251 e. The van der Waals surface area contributed by atoms with E-state index < -0.39 is 0 Å². The van der Waals surface area contributed by atoms with Crippen LogP contribution in [0.3, 0.4) is 0 Å². The zero-order valence-corrected chi connectivity index (χ0v) is 23.7. The third kappa shape index (κ3) is 6.00. The van der Waals surface area contributed by atoms with E-state index in [1.54, 1.807) is 6.07 Å². The molecule has 38 heavy (non-hydrogen) atoms. The van der Waals surface area contributed by atoms with Gasteiger partial charge in [0.1, 0.15) is 17.6 Å². The monoisotopic (exact) mass is 538 g/mol. The second-order valence-electron chi connectivity index (χ2n) is 10.7. The van der Waals surface area contributed by atoms with E-state index in [9.17, 15) is 14.9 Å². The predicted molar refractivity (Wildman–Crippen MR) is 153 cm³/mol. The van der Waals surface area contributed by atoms with Gasteiger partial charge in [0.25, 0.3) is 5.91 Å². The van der Waals surface area contributed by atoms with Gasteiger partial charge in [0.2, 0.25) is 0 Å². The van der Waals surface area contributed by atoms with Gasteiger partial charge in [0, 0.05) is 54.1 Å².